The fraction of sp³-hybridized carbons (Fsp3) is 0.0476. The fourth-order valence-corrected chi connectivity index (χ4v) is 5.14. The van der Waals surface area contributed by atoms with E-state index in [9.17, 15) is 8.42 Å². The van der Waals surface area contributed by atoms with E-state index in [1.165, 1.54) is 30.6 Å². The molecule has 0 aliphatic carbocycles. The smallest absolute Gasteiger partial charge is 0.265 e. The van der Waals surface area contributed by atoms with Crippen LogP contribution in [0.5, 0.6) is 5.75 Å². The van der Waals surface area contributed by atoms with Crippen molar-refractivity contribution in [3.05, 3.63) is 77.4 Å². The lowest BCUT2D eigenvalue weighted by Gasteiger charge is -2.12. The highest BCUT2D eigenvalue weighted by Crippen LogP contribution is 2.32. The van der Waals surface area contributed by atoms with Crippen LogP contribution in [-0.2, 0) is 10.0 Å². The summed E-state index contributed by atoms with van der Waals surface area (Å²) in [5.74, 6) is 0.212. The van der Waals surface area contributed by atoms with Crippen LogP contribution in [0, 0.1) is 0 Å². The molecule has 2 heterocycles. The average Bonchev–Trinajstić information content (AvgIpc) is 3.25. The van der Waals surface area contributed by atoms with E-state index in [1.807, 2.05) is 23.6 Å². The van der Waals surface area contributed by atoms with Gasteiger partial charge in [0.1, 0.15) is 15.7 Å². The Labute approximate surface area is 183 Å². The van der Waals surface area contributed by atoms with E-state index in [0.717, 1.165) is 21.8 Å². The van der Waals surface area contributed by atoms with Crippen LogP contribution in [0.1, 0.15) is 0 Å². The standard InChI is InChI=1S/C21H16ClN3O3S2/c1-28-19-8-7-16(22)11-20(19)30(26,27)25-17-6-2-4-14(10-17)18-13-29-21(24-18)15-5-3-9-23-12-15/h2-13,25H,1H3. The molecule has 0 aliphatic rings. The monoisotopic (exact) mass is 457 g/mol. The molecule has 30 heavy (non-hydrogen) atoms. The molecule has 0 unspecified atom stereocenters. The third-order valence-corrected chi connectivity index (χ3v) is 6.77. The maximum absolute atomic E-state index is 12.9. The van der Waals surface area contributed by atoms with Crippen molar-refractivity contribution in [3.8, 4) is 27.6 Å². The van der Waals surface area contributed by atoms with Crippen molar-refractivity contribution in [2.24, 2.45) is 0 Å². The highest BCUT2D eigenvalue weighted by molar-refractivity contribution is 7.92. The summed E-state index contributed by atoms with van der Waals surface area (Å²) in [5.41, 5.74) is 2.88. The van der Waals surface area contributed by atoms with Gasteiger partial charge in [0.05, 0.1) is 12.8 Å². The zero-order valence-corrected chi connectivity index (χ0v) is 18.1. The summed E-state index contributed by atoms with van der Waals surface area (Å²) in [7, 11) is -2.49. The second kappa shape index (κ2) is 8.43. The third-order valence-electron chi connectivity index (χ3n) is 4.24. The Morgan fingerprint density at radius 1 is 1.07 bits per heavy atom. The Morgan fingerprint density at radius 3 is 2.67 bits per heavy atom. The number of nitrogens with zero attached hydrogens (tertiary/aromatic N) is 2. The van der Waals surface area contributed by atoms with Gasteiger partial charge in [0.2, 0.25) is 0 Å². The molecule has 2 aromatic carbocycles. The second-order valence-electron chi connectivity index (χ2n) is 6.26. The molecule has 1 N–H and O–H groups in total. The number of methoxy groups -OCH3 is 1. The van der Waals surface area contributed by atoms with Gasteiger partial charge < -0.3 is 4.74 Å². The minimum Gasteiger partial charge on any atom is -0.495 e. The maximum Gasteiger partial charge on any atom is 0.265 e. The zero-order chi connectivity index (χ0) is 21.1. The number of anilines is 1. The van der Waals surface area contributed by atoms with E-state index < -0.39 is 10.0 Å². The van der Waals surface area contributed by atoms with E-state index in [-0.39, 0.29) is 10.6 Å². The van der Waals surface area contributed by atoms with Crippen molar-refractivity contribution in [2.45, 2.75) is 4.90 Å². The average molecular weight is 458 g/mol. The number of sulfonamides is 1. The van der Waals surface area contributed by atoms with Crippen LogP contribution >= 0.6 is 22.9 Å². The van der Waals surface area contributed by atoms with Gasteiger partial charge in [-0.25, -0.2) is 13.4 Å². The van der Waals surface area contributed by atoms with E-state index in [1.54, 1.807) is 36.7 Å². The largest absolute Gasteiger partial charge is 0.495 e. The van der Waals surface area contributed by atoms with Crippen molar-refractivity contribution >= 4 is 38.6 Å². The maximum atomic E-state index is 12.9. The summed E-state index contributed by atoms with van der Waals surface area (Å²) in [6.07, 6.45) is 3.47. The first-order chi connectivity index (χ1) is 14.5. The van der Waals surface area contributed by atoms with Gasteiger partial charge in [-0.2, -0.15) is 0 Å². The Balaban J connectivity index is 1.63. The SMILES string of the molecule is COc1ccc(Cl)cc1S(=O)(=O)Nc1cccc(-c2csc(-c3cccnc3)n2)c1. The topological polar surface area (TPSA) is 81.2 Å². The molecule has 4 aromatic rings. The van der Waals surface area contributed by atoms with Gasteiger partial charge in [-0.1, -0.05) is 23.7 Å². The molecular weight excluding hydrogens is 442 g/mol. The van der Waals surface area contributed by atoms with Crippen molar-refractivity contribution in [2.75, 3.05) is 11.8 Å². The summed E-state index contributed by atoms with van der Waals surface area (Å²) in [4.78, 5) is 8.73. The van der Waals surface area contributed by atoms with Gasteiger partial charge >= 0.3 is 0 Å². The zero-order valence-electron chi connectivity index (χ0n) is 15.7. The third kappa shape index (κ3) is 4.30. The minimum atomic E-state index is -3.90. The lowest BCUT2D eigenvalue weighted by molar-refractivity contribution is 0.403. The molecule has 2 aromatic heterocycles. The second-order valence-corrected chi connectivity index (χ2v) is 9.21. The normalized spacial score (nSPS) is 11.3. The molecule has 152 valence electrons. The number of ether oxygens (including phenoxy) is 1. The number of hydrogen-bond acceptors (Lipinski definition) is 6. The predicted octanol–water partition coefficient (Wildman–Crippen LogP) is 5.33. The highest BCUT2D eigenvalue weighted by atomic mass is 35.5. The Hall–Kier alpha value is -2.94. The van der Waals surface area contributed by atoms with E-state index in [4.69, 9.17) is 16.3 Å². The molecule has 0 aliphatic heterocycles. The summed E-state index contributed by atoms with van der Waals surface area (Å²) in [5, 5.41) is 3.07. The molecule has 0 fully saturated rings. The van der Waals surface area contributed by atoms with Crippen molar-refractivity contribution in [1.82, 2.24) is 9.97 Å². The van der Waals surface area contributed by atoms with Crippen LogP contribution in [0.25, 0.3) is 21.8 Å². The quantitative estimate of drug-likeness (QED) is 0.423. The molecule has 0 spiro atoms. The van der Waals surface area contributed by atoms with Crippen LogP contribution in [0.4, 0.5) is 5.69 Å². The number of benzene rings is 2. The molecule has 0 bridgehead atoms. The summed E-state index contributed by atoms with van der Waals surface area (Å²) < 4.78 is 33.6. The molecular formula is C21H16ClN3O3S2. The number of hydrogen-bond donors (Lipinski definition) is 1. The number of pyridine rings is 1. The Bertz CT molecular complexity index is 1290. The van der Waals surface area contributed by atoms with E-state index in [0.29, 0.717) is 10.7 Å². The van der Waals surface area contributed by atoms with Gasteiger partial charge in [-0.05, 0) is 42.5 Å². The number of halogens is 1. The number of thiazole rings is 1. The number of aromatic nitrogens is 2. The van der Waals surface area contributed by atoms with Crippen molar-refractivity contribution < 1.29 is 13.2 Å². The lowest BCUT2D eigenvalue weighted by Crippen LogP contribution is -2.14. The predicted molar refractivity (Wildman–Crippen MR) is 120 cm³/mol. The van der Waals surface area contributed by atoms with E-state index in [2.05, 4.69) is 14.7 Å². The van der Waals surface area contributed by atoms with Gasteiger partial charge in [0, 0.05) is 39.6 Å². The van der Waals surface area contributed by atoms with Crippen LogP contribution in [0.15, 0.2) is 77.3 Å². The van der Waals surface area contributed by atoms with Crippen LogP contribution in [-0.4, -0.2) is 25.5 Å². The van der Waals surface area contributed by atoms with Crippen LogP contribution < -0.4 is 9.46 Å². The first kappa shape index (κ1) is 20.3. The van der Waals surface area contributed by atoms with Gasteiger partial charge in [-0.15, -0.1) is 11.3 Å². The molecule has 0 saturated heterocycles. The highest BCUT2D eigenvalue weighted by Gasteiger charge is 2.20. The fourth-order valence-electron chi connectivity index (χ4n) is 2.84. The van der Waals surface area contributed by atoms with Crippen LogP contribution in [0.2, 0.25) is 5.02 Å². The molecule has 0 saturated carbocycles. The molecule has 4 rings (SSSR count). The number of rotatable bonds is 6. The van der Waals surface area contributed by atoms with Gasteiger partial charge in [-0.3, -0.25) is 9.71 Å². The first-order valence-corrected chi connectivity index (χ1v) is 11.5. The van der Waals surface area contributed by atoms with Crippen molar-refractivity contribution in [3.63, 3.8) is 0 Å². The van der Waals surface area contributed by atoms with E-state index >= 15 is 0 Å². The molecule has 0 amide bonds. The lowest BCUT2D eigenvalue weighted by atomic mass is 10.1. The van der Waals surface area contributed by atoms with Crippen molar-refractivity contribution in [1.29, 1.82) is 0 Å². The Morgan fingerprint density at radius 2 is 1.90 bits per heavy atom. The summed E-state index contributed by atoms with van der Waals surface area (Å²) in [6.45, 7) is 0. The molecule has 9 heteroatoms. The molecule has 0 atom stereocenters. The van der Waals surface area contributed by atoms with Gasteiger partial charge in [0.25, 0.3) is 10.0 Å². The number of nitrogens with one attached hydrogen (secondary N) is 1. The molecule has 6 nitrogen and oxygen atoms in total. The minimum absolute atomic E-state index is 0.0320. The van der Waals surface area contributed by atoms with Crippen LogP contribution in [0.3, 0.4) is 0 Å². The first-order valence-electron chi connectivity index (χ1n) is 8.79. The van der Waals surface area contributed by atoms with Gasteiger partial charge in [0.15, 0.2) is 0 Å². The Kier molecular flexibility index (Phi) is 5.72. The summed E-state index contributed by atoms with van der Waals surface area (Å²) >= 11 is 7.48. The summed E-state index contributed by atoms with van der Waals surface area (Å²) in [6, 6.07) is 15.3. The molecule has 0 radical (unpaired) electrons.